The zero-order valence-corrected chi connectivity index (χ0v) is 16.0. The van der Waals surface area contributed by atoms with Crippen LogP contribution < -0.4 is 10.9 Å². The van der Waals surface area contributed by atoms with E-state index in [2.05, 4.69) is 55.3 Å². The molecular formula is C22H27N3O. The van der Waals surface area contributed by atoms with Crippen molar-refractivity contribution in [2.24, 2.45) is 5.92 Å². The van der Waals surface area contributed by atoms with Crippen LogP contribution in [0.3, 0.4) is 0 Å². The van der Waals surface area contributed by atoms with Crippen molar-refractivity contribution >= 4 is 5.65 Å². The third-order valence-electron chi connectivity index (χ3n) is 4.57. The van der Waals surface area contributed by atoms with Crippen LogP contribution in [-0.2, 0) is 13.0 Å². The lowest BCUT2D eigenvalue weighted by Gasteiger charge is -2.15. The Morgan fingerprint density at radius 2 is 1.81 bits per heavy atom. The van der Waals surface area contributed by atoms with Gasteiger partial charge in [0, 0.05) is 24.8 Å². The van der Waals surface area contributed by atoms with Gasteiger partial charge in [0.25, 0.3) is 5.56 Å². The Hall–Kier alpha value is -2.46. The fraction of sp³-hybridized carbons (Fsp3) is 0.364. The smallest absolute Gasteiger partial charge is 0.258 e. The number of hydrogen-bond acceptors (Lipinski definition) is 3. The van der Waals surface area contributed by atoms with E-state index in [1.807, 2.05) is 25.3 Å². The molecule has 0 amide bonds. The van der Waals surface area contributed by atoms with E-state index in [0.29, 0.717) is 18.1 Å². The number of hydrogen-bond donors (Lipinski definition) is 1. The second kappa shape index (κ2) is 7.83. The SMILES string of the molecule is Cc1ccc2nc(CN[C@H](C)c3ccc(CC(C)C)cc3)cc(=O)n2c1. The molecule has 3 aromatic rings. The van der Waals surface area contributed by atoms with Gasteiger partial charge in [-0.05, 0) is 48.9 Å². The van der Waals surface area contributed by atoms with E-state index in [-0.39, 0.29) is 11.6 Å². The largest absolute Gasteiger partial charge is 0.305 e. The average molecular weight is 349 g/mol. The molecule has 136 valence electrons. The molecule has 0 fully saturated rings. The van der Waals surface area contributed by atoms with Gasteiger partial charge in [-0.25, -0.2) is 4.98 Å². The second-order valence-electron chi connectivity index (χ2n) is 7.46. The monoisotopic (exact) mass is 349 g/mol. The van der Waals surface area contributed by atoms with Crippen LogP contribution in [0.5, 0.6) is 0 Å². The molecule has 1 N–H and O–H groups in total. The summed E-state index contributed by atoms with van der Waals surface area (Å²) in [5, 5.41) is 3.47. The predicted octanol–water partition coefficient (Wildman–Crippen LogP) is 4.05. The van der Waals surface area contributed by atoms with E-state index in [0.717, 1.165) is 17.7 Å². The van der Waals surface area contributed by atoms with Gasteiger partial charge in [0.2, 0.25) is 0 Å². The fourth-order valence-electron chi connectivity index (χ4n) is 3.14. The highest BCUT2D eigenvalue weighted by Gasteiger charge is 2.08. The Kier molecular flexibility index (Phi) is 5.52. The molecule has 2 aromatic heterocycles. The minimum atomic E-state index is -0.0406. The Balaban J connectivity index is 1.69. The summed E-state index contributed by atoms with van der Waals surface area (Å²) in [6, 6.07) is 14.4. The van der Waals surface area contributed by atoms with Crippen molar-refractivity contribution in [3.63, 3.8) is 0 Å². The molecule has 0 bridgehead atoms. The number of pyridine rings is 1. The van der Waals surface area contributed by atoms with Crippen molar-refractivity contribution in [3.05, 3.63) is 81.4 Å². The Morgan fingerprint density at radius 3 is 2.50 bits per heavy atom. The quantitative estimate of drug-likeness (QED) is 0.730. The van der Waals surface area contributed by atoms with Gasteiger partial charge in [-0.3, -0.25) is 9.20 Å². The molecule has 0 unspecified atom stereocenters. The molecule has 1 atom stereocenters. The van der Waals surface area contributed by atoms with E-state index < -0.39 is 0 Å². The van der Waals surface area contributed by atoms with Crippen LogP contribution in [0.2, 0.25) is 0 Å². The minimum absolute atomic E-state index is 0.0406. The summed E-state index contributed by atoms with van der Waals surface area (Å²) in [6.45, 7) is 9.13. The van der Waals surface area contributed by atoms with E-state index in [9.17, 15) is 4.79 Å². The molecule has 0 saturated carbocycles. The Bertz CT molecular complexity index is 942. The highest BCUT2D eigenvalue weighted by molar-refractivity contribution is 5.40. The number of aromatic nitrogens is 2. The van der Waals surface area contributed by atoms with Crippen molar-refractivity contribution < 1.29 is 0 Å². The molecule has 2 heterocycles. The number of aryl methyl sites for hydroxylation is 1. The van der Waals surface area contributed by atoms with Gasteiger partial charge in [0.05, 0.1) is 5.69 Å². The van der Waals surface area contributed by atoms with Gasteiger partial charge in [-0.15, -0.1) is 0 Å². The minimum Gasteiger partial charge on any atom is -0.305 e. The topological polar surface area (TPSA) is 46.4 Å². The summed E-state index contributed by atoms with van der Waals surface area (Å²) in [6.07, 6.45) is 2.93. The van der Waals surface area contributed by atoms with Crippen LogP contribution in [0.25, 0.3) is 5.65 Å². The first-order valence-corrected chi connectivity index (χ1v) is 9.23. The maximum atomic E-state index is 12.3. The van der Waals surface area contributed by atoms with Gasteiger partial charge < -0.3 is 5.32 Å². The van der Waals surface area contributed by atoms with Crippen molar-refractivity contribution in [1.29, 1.82) is 0 Å². The number of fused-ring (bicyclic) bond motifs is 1. The van der Waals surface area contributed by atoms with Crippen LogP contribution in [-0.4, -0.2) is 9.38 Å². The highest BCUT2D eigenvalue weighted by Crippen LogP contribution is 2.16. The third-order valence-corrected chi connectivity index (χ3v) is 4.57. The summed E-state index contributed by atoms with van der Waals surface area (Å²) in [4.78, 5) is 16.9. The van der Waals surface area contributed by atoms with Crippen LogP contribution in [0, 0.1) is 12.8 Å². The number of nitrogens with one attached hydrogen (secondary N) is 1. The van der Waals surface area contributed by atoms with E-state index in [4.69, 9.17) is 0 Å². The summed E-state index contributed by atoms with van der Waals surface area (Å²) in [5.41, 5.74) is 5.07. The zero-order chi connectivity index (χ0) is 18.7. The molecular weight excluding hydrogens is 322 g/mol. The molecule has 0 aliphatic heterocycles. The third kappa shape index (κ3) is 4.38. The van der Waals surface area contributed by atoms with Gasteiger partial charge >= 0.3 is 0 Å². The molecule has 3 rings (SSSR count). The standard InChI is InChI=1S/C22H27N3O/c1-15(2)11-18-6-8-19(9-7-18)17(4)23-13-20-12-22(26)25-14-16(3)5-10-21(25)24-20/h5-10,12,14-15,17,23H,11,13H2,1-4H3/t17-/m1/s1. The molecule has 4 heteroatoms. The molecule has 0 radical (unpaired) electrons. The van der Waals surface area contributed by atoms with Gasteiger partial charge in [0.1, 0.15) is 5.65 Å². The van der Waals surface area contributed by atoms with Crippen molar-refractivity contribution in [1.82, 2.24) is 14.7 Å². The first kappa shape index (κ1) is 18.3. The van der Waals surface area contributed by atoms with E-state index in [1.165, 1.54) is 11.1 Å². The highest BCUT2D eigenvalue weighted by atomic mass is 16.1. The molecule has 0 spiro atoms. The molecule has 4 nitrogen and oxygen atoms in total. The van der Waals surface area contributed by atoms with Crippen LogP contribution >= 0.6 is 0 Å². The fourth-order valence-corrected chi connectivity index (χ4v) is 3.14. The summed E-state index contributed by atoms with van der Waals surface area (Å²) >= 11 is 0. The Labute approximate surface area is 154 Å². The van der Waals surface area contributed by atoms with E-state index >= 15 is 0 Å². The maximum absolute atomic E-state index is 12.3. The lowest BCUT2D eigenvalue weighted by atomic mass is 10.00. The van der Waals surface area contributed by atoms with E-state index in [1.54, 1.807) is 10.5 Å². The molecule has 1 aromatic carbocycles. The average Bonchev–Trinajstić information content (AvgIpc) is 2.60. The molecule has 26 heavy (non-hydrogen) atoms. The molecule has 0 aliphatic carbocycles. The van der Waals surface area contributed by atoms with Crippen LogP contribution in [0.1, 0.15) is 49.2 Å². The first-order valence-electron chi connectivity index (χ1n) is 9.23. The summed E-state index contributed by atoms with van der Waals surface area (Å²) in [5.74, 6) is 0.665. The van der Waals surface area contributed by atoms with Gasteiger partial charge in [-0.1, -0.05) is 44.2 Å². The zero-order valence-electron chi connectivity index (χ0n) is 16.0. The van der Waals surface area contributed by atoms with Gasteiger partial charge in [-0.2, -0.15) is 0 Å². The normalized spacial score (nSPS) is 12.7. The lowest BCUT2D eigenvalue weighted by Crippen LogP contribution is -2.22. The number of rotatable bonds is 6. The molecule has 0 saturated heterocycles. The van der Waals surface area contributed by atoms with Crippen molar-refractivity contribution in [2.45, 2.75) is 46.7 Å². The summed E-state index contributed by atoms with van der Waals surface area (Å²) < 4.78 is 1.59. The van der Waals surface area contributed by atoms with Crippen LogP contribution in [0.4, 0.5) is 0 Å². The van der Waals surface area contributed by atoms with Crippen molar-refractivity contribution in [2.75, 3.05) is 0 Å². The first-order chi connectivity index (χ1) is 12.4. The number of nitrogens with zero attached hydrogens (tertiary/aromatic N) is 2. The Morgan fingerprint density at radius 1 is 1.08 bits per heavy atom. The lowest BCUT2D eigenvalue weighted by molar-refractivity contribution is 0.566. The van der Waals surface area contributed by atoms with Crippen molar-refractivity contribution in [3.8, 4) is 0 Å². The maximum Gasteiger partial charge on any atom is 0.258 e. The van der Waals surface area contributed by atoms with Gasteiger partial charge in [0.15, 0.2) is 0 Å². The second-order valence-corrected chi connectivity index (χ2v) is 7.46. The van der Waals surface area contributed by atoms with Crippen LogP contribution in [0.15, 0.2) is 53.5 Å². The summed E-state index contributed by atoms with van der Waals surface area (Å²) in [7, 11) is 0. The molecule has 0 aliphatic rings. The number of benzene rings is 1. The predicted molar refractivity (Wildman–Crippen MR) is 106 cm³/mol.